The molecule has 0 amide bonds. The third-order valence-electron chi connectivity index (χ3n) is 3.00. The van der Waals surface area contributed by atoms with Gasteiger partial charge < -0.3 is 5.32 Å². The molecule has 1 aromatic heterocycles. The molecule has 1 aromatic carbocycles. The van der Waals surface area contributed by atoms with Gasteiger partial charge in [0.2, 0.25) is 10.0 Å². The molecular weight excluding hydrogens is 304 g/mol. The molecule has 4 nitrogen and oxygen atoms in total. The summed E-state index contributed by atoms with van der Waals surface area (Å²) in [6.45, 7) is 4.01. The van der Waals surface area contributed by atoms with Gasteiger partial charge in [0.25, 0.3) is 0 Å². The summed E-state index contributed by atoms with van der Waals surface area (Å²) in [5, 5.41) is 3.19. The number of hydrogen-bond donors (Lipinski definition) is 2. The molecule has 2 rings (SSSR count). The van der Waals surface area contributed by atoms with Crippen molar-refractivity contribution in [3.8, 4) is 0 Å². The maximum Gasteiger partial charge on any atom is 0.250 e. The molecule has 0 aliphatic rings. The largest absolute Gasteiger partial charge is 0.312 e. The molecule has 0 saturated carbocycles. The summed E-state index contributed by atoms with van der Waals surface area (Å²) >= 11 is 1.31. The molecule has 0 spiro atoms. The lowest BCUT2D eigenvalue weighted by Crippen LogP contribution is -2.25. The van der Waals surface area contributed by atoms with E-state index >= 15 is 0 Å². The van der Waals surface area contributed by atoms with Crippen LogP contribution in [0.5, 0.6) is 0 Å². The second kappa shape index (κ2) is 7.70. The van der Waals surface area contributed by atoms with Crippen molar-refractivity contribution in [2.45, 2.75) is 24.1 Å². The van der Waals surface area contributed by atoms with Gasteiger partial charge in [0.1, 0.15) is 4.21 Å². The third kappa shape index (κ3) is 4.93. The summed E-state index contributed by atoms with van der Waals surface area (Å²) in [5.74, 6) is 0. The van der Waals surface area contributed by atoms with Crippen molar-refractivity contribution in [1.82, 2.24) is 10.0 Å². The highest BCUT2D eigenvalue weighted by atomic mass is 32.2. The Morgan fingerprint density at radius 3 is 2.57 bits per heavy atom. The van der Waals surface area contributed by atoms with Crippen molar-refractivity contribution in [2.75, 3.05) is 13.1 Å². The van der Waals surface area contributed by atoms with Crippen LogP contribution in [0.1, 0.15) is 17.4 Å². The van der Waals surface area contributed by atoms with Crippen molar-refractivity contribution in [1.29, 1.82) is 0 Å². The Balaban J connectivity index is 1.90. The Kier molecular flexibility index (Phi) is 5.93. The molecule has 6 heteroatoms. The van der Waals surface area contributed by atoms with Crippen LogP contribution in [-0.2, 0) is 23.0 Å². The average Bonchev–Trinajstić information content (AvgIpc) is 2.96. The Hall–Kier alpha value is -1.21. The van der Waals surface area contributed by atoms with Crippen LogP contribution in [0, 0.1) is 0 Å². The number of thiophene rings is 1. The minimum absolute atomic E-state index is 0.378. The van der Waals surface area contributed by atoms with Gasteiger partial charge in [0.15, 0.2) is 0 Å². The average molecular weight is 324 g/mol. The number of nitrogens with one attached hydrogen (secondary N) is 2. The number of hydrogen-bond acceptors (Lipinski definition) is 4. The van der Waals surface area contributed by atoms with Gasteiger partial charge >= 0.3 is 0 Å². The van der Waals surface area contributed by atoms with E-state index in [4.69, 9.17) is 0 Å². The van der Waals surface area contributed by atoms with Gasteiger partial charge in [-0.2, -0.15) is 0 Å². The molecule has 0 radical (unpaired) electrons. The minimum atomic E-state index is -3.39. The van der Waals surface area contributed by atoms with Crippen LogP contribution in [-0.4, -0.2) is 21.5 Å². The van der Waals surface area contributed by atoms with Crippen LogP contribution < -0.4 is 10.0 Å². The van der Waals surface area contributed by atoms with Gasteiger partial charge in [-0.15, -0.1) is 11.3 Å². The number of sulfonamides is 1. The Bertz CT molecular complexity index is 651. The summed E-state index contributed by atoms with van der Waals surface area (Å²) in [6.07, 6.45) is 0.690. The molecule has 0 fully saturated rings. The lowest BCUT2D eigenvalue weighted by atomic mass is 10.2. The van der Waals surface area contributed by atoms with Crippen molar-refractivity contribution < 1.29 is 8.42 Å². The number of benzene rings is 1. The molecule has 2 aromatic rings. The predicted molar refractivity (Wildman–Crippen MR) is 87.0 cm³/mol. The van der Waals surface area contributed by atoms with E-state index in [1.54, 1.807) is 6.07 Å². The third-order valence-corrected chi connectivity index (χ3v) is 6.04. The fourth-order valence-corrected chi connectivity index (χ4v) is 4.29. The Morgan fingerprint density at radius 2 is 1.86 bits per heavy atom. The number of rotatable bonds is 8. The summed E-state index contributed by atoms with van der Waals surface area (Å²) in [6, 6.07) is 13.4. The first-order valence-electron chi connectivity index (χ1n) is 6.95. The van der Waals surface area contributed by atoms with Crippen molar-refractivity contribution in [2.24, 2.45) is 0 Å². The molecule has 0 aliphatic carbocycles. The van der Waals surface area contributed by atoms with E-state index in [9.17, 15) is 8.42 Å². The highest BCUT2D eigenvalue weighted by molar-refractivity contribution is 7.91. The van der Waals surface area contributed by atoms with Crippen LogP contribution in [0.25, 0.3) is 0 Å². The van der Waals surface area contributed by atoms with Gasteiger partial charge in [-0.3, -0.25) is 0 Å². The van der Waals surface area contributed by atoms with Crippen molar-refractivity contribution in [3.05, 3.63) is 52.9 Å². The molecule has 2 N–H and O–H groups in total. The van der Waals surface area contributed by atoms with Gasteiger partial charge in [-0.25, -0.2) is 13.1 Å². The standard InChI is InChI=1S/C15H20N2O2S2/c1-2-16-12-14-8-9-15(20-14)21(18,19)17-11-10-13-6-4-3-5-7-13/h3-9,16-17H,2,10-12H2,1H3. The molecule has 0 saturated heterocycles. The van der Waals surface area contributed by atoms with E-state index in [-0.39, 0.29) is 0 Å². The molecule has 114 valence electrons. The minimum Gasteiger partial charge on any atom is -0.312 e. The van der Waals surface area contributed by atoms with E-state index in [1.807, 2.05) is 43.3 Å². The normalized spacial score (nSPS) is 11.7. The van der Waals surface area contributed by atoms with Gasteiger partial charge in [0.05, 0.1) is 0 Å². The van der Waals surface area contributed by atoms with E-state index < -0.39 is 10.0 Å². The fraction of sp³-hybridized carbons (Fsp3) is 0.333. The summed E-state index contributed by atoms with van der Waals surface area (Å²) in [7, 11) is -3.39. The molecule has 21 heavy (non-hydrogen) atoms. The smallest absolute Gasteiger partial charge is 0.250 e. The quantitative estimate of drug-likeness (QED) is 0.784. The maximum atomic E-state index is 12.2. The molecular formula is C15H20N2O2S2. The van der Waals surface area contributed by atoms with Crippen LogP contribution in [0.2, 0.25) is 0 Å². The lowest BCUT2D eigenvalue weighted by Gasteiger charge is -2.05. The molecule has 0 aliphatic heterocycles. The van der Waals surface area contributed by atoms with E-state index in [1.165, 1.54) is 11.3 Å². The Morgan fingerprint density at radius 1 is 1.10 bits per heavy atom. The van der Waals surface area contributed by atoms with Crippen LogP contribution in [0.4, 0.5) is 0 Å². The Labute approximate surface area is 130 Å². The monoisotopic (exact) mass is 324 g/mol. The maximum absolute atomic E-state index is 12.2. The predicted octanol–water partition coefficient (Wildman–Crippen LogP) is 2.38. The van der Waals surface area contributed by atoms with Gasteiger partial charge in [-0.1, -0.05) is 37.3 Å². The lowest BCUT2D eigenvalue weighted by molar-refractivity contribution is 0.584. The zero-order chi connectivity index (χ0) is 15.1. The fourth-order valence-electron chi connectivity index (χ4n) is 1.89. The topological polar surface area (TPSA) is 58.2 Å². The van der Waals surface area contributed by atoms with Crippen LogP contribution in [0.3, 0.4) is 0 Å². The van der Waals surface area contributed by atoms with E-state index in [2.05, 4.69) is 10.0 Å². The second-order valence-corrected chi connectivity index (χ2v) is 7.80. The van der Waals surface area contributed by atoms with Crippen LogP contribution in [0.15, 0.2) is 46.7 Å². The van der Waals surface area contributed by atoms with Crippen molar-refractivity contribution in [3.63, 3.8) is 0 Å². The first kappa shape index (κ1) is 16.2. The SMILES string of the molecule is CCNCc1ccc(S(=O)(=O)NCCc2ccccc2)s1. The van der Waals surface area contributed by atoms with Gasteiger partial charge in [0, 0.05) is 18.0 Å². The molecule has 0 atom stereocenters. The zero-order valence-electron chi connectivity index (χ0n) is 12.0. The zero-order valence-corrected chi connectivity index (χ0v) is 13.6. The highest BCUT2D eigenvalue weighted by Crippen LogP contribution is 2.21. The van der Waals surface area contributed by atoms with E-state index in [0.717, 1.165) is 17.0 Å². The van der Waals surface area contributed by atoms with Gasteiger partial charge in [-0.05, 0) is 30.7 Å². The van der Waals surface area contributed by atoms with Crippen molar-refractivity contribution >= 4 is 21.4 Å². The highest BCUT2D eigenvalue weighted by Gasteiger charge is 2.16. The van der Waals surface area contributed by atoms with Crippen LogP contribution >= 0.6 is 11.3 Å². The first-order chi connectivity index (χ1) is 10.1. The molecule has 0 unspecified atom stereocenters. The second-order valence-electron chi connectivity index (χ2n) is 4.63. The summed E-state index contributed by atoms with van der Waals surface area (Å²) in [5.41, 5.74) is 1.12. The molecule has 0 bridgehead atoms. The first-order valence-corrected chi connectivity index (χ1v) is 9.25. The molecule has 1 heterocycles. The summed E-state index contributed by atoms with van der Waals surface area (Å²) < 4.78 is 27.4. The summed E-state index contributed by atoms with van der Waals surface area (Å²) in [4.78, 5) is 1.03. The van der Waals surface area contributed by atoms with E-state index in [0.29, 0.717) is 23.7 Å².